The number of hydrogen-bond donors (Lipinski definition) is 1. The van der Waals surface area contributed by atoms with E-state index in [1.165, 1.54) is 11.1 Å². The van der Waals surface area contributed by atoms with Gasteiger partial charge in [0.1, 0.15) is 5.75 Å². The van der Waals surface area contributed by atoms with Gasteiger partial charge in [0.25, 0.3) is 0 Å². The summed E-state index contributed by atoms with van der Waals surface area (Å²) in [5.74, 6) is 0.945. The largest absolute Gasteiger partial charge is 0.490 e. The van der Waals surface area contributed by atoms with Gasteiger partial charge in [0.05, 0.1) is 6.10 Å². The molecule has 0 bridgehead atoms. The Morgan fingerprint density at radius 2 is 1.35 bits per heavy atom. The lowest BCUT2D eigenvalue weighted by Gasteiger charge is -2.15. The minimum Gasteiger partial charge on any atom is -0.490 e. The van der Waals surface area contributed by atoms with Crippen molar-refractivity contribution in [3.8, 4) is 16.9 Å². The summed E-state index contributed by atoms with van der Waals surface area (Å²) in [6.07, 6.45) is 2.39. The standard InChI is InChI=1S/C18H23NO/c1-3-17(4-2)20-18-11-9-16(10-12-18)15-7-5-14(13-19)6-8-15/h5-12,17H,3-4,13,19H2,1-2H3. The summed E-state index contributed by atoms with van der Waals surface area (Å²) < 4.78 is 5.92. The van der Waals surface area contributed by atoms with Gasteiger partial charge >= 0.3 is 0 Å². The van der Waals surface area contributed by atoms with Crippen LogP contribution in [0.4, 0.5) is 0 Å². The lowest BCUT2D eigenvalue weighted by atomic mass is 10.0. The van der Waals surface area contributed by atoms with E-state index in [0.717, 1.165) is 24.2 Å². The van der Waals surface area contributed by atoms with Crippen molar-refractivity contribution in [1.82, 2.24) is 0 Å². The fourth-order valence-corrected chi connectivity index (χ4v) is 2.21. The molecule has 0 unspecified atom stereocenters. The van der Waals surface area contributed by atoms with Crippen LogP contribution in [-0.4, -0.2) is 6.10 Å². The van der Waals surface area contributed by atoms with Gasteiger partial charge in [0.2, 0.25) is 0 Å². The molecule has 2 aromatic carbocycles. The van der Waals surface area contributed by atoms with Crippen molar-refractivity contribution in [1.29, 1.82) is 0 Å². The zero-order valence-corrected chi connectivity index (χ0v) is 12.3. The first kappa shape index (κ1) is 14.6. The summed E-state index contributed by atoms with van der Waals surface area (Å²) in [6, 6.07) is 16.7. The van der Waals surface area contributed by atoms with E-state index in [2.05, 4.69) is 50.2 Å². The minimum atomic E-state index is 0.310. The quantitative estimate of drug-likeness (QED) is 0.844. The summed E-state index contributed by atoms with van der Waals surface area (Å²) in [5, 5.41) is 0. The maximum atomic E-state index is 5.92. The Hall–Kier alpha value is -1.80. The fraction of sp³-hybridized carbons (Fsp3) is 0.333. The van der Waals surface area contributed by atoms with Gasteiger partial charge in [-0.1, -0.05) is 50.2 Å². The first-order chi connectivity index (χ1) is 9.76. The molecule has 106 valence electrons. The van der Waals surface area contributed by atoms with E-state index in [9.17, 15) is 0 Å². The Bertz CT molecular complexity index is 512. The Labute approximate surface area is 121 Å². The third-order valence-electron chi connectivity index (χ3n) is 3.59. The van der Waals surface area contributed by atoms with Crippen LogP contribution in [0, 0.1) is 0 Å². The molecule has 0 aliphatic carbocycles. The van der Waals surface area contributed by atoms with Crippen molar-refractivity contribution in [2.45, 2.75) is 39.3 Å². The average Bonchev–Trinajstić information content (AvgIpc) is 2.53. The van der Waals surface area contributed by atoms with Crippen LogP contribution in [0.15, 0.2) is 48.5 Å². The smallest absolute Gasteiger partial charge is 0.119 e. The molecule has 0 saturated heterocycles. The van der Waals surface area contributed by atoms with Crippen LogP contribution < -0.4 is 10.5 Å². The van der Waals surface area contributed by atoms with E-state index in [0.29, 0.717) is 12.6 Å². The maximum absolute atomic E-state index is 5.92. The van der Waals surface area contributed by atoms with Crippen molar-refractivity contribution in [2.24, 2.45) is 5.73 Å². The van der Waals surface area contributed by atoms with Crippen LogP contribution in [0.1, 0.15) is 32.3 Å². The van der Waals surface area contributed by atoms with Crippen molar-refractivity contribution < 1.29 is 4.74 Å². The third kappa shape index (κ3) is 3.61. The van der Waals surface area contributed by atoms with Crippen molar-refractivity contribution >= 4 is 0 Å². The van der Waals surface area contributed by atoms with Gasteiger partial charge in [-0.3, -0.25) is 0 Å². The van der Waals surface area contributed by atoms with Crippen molar-refractivity contribution in [3.63, 3.8) is 0 Å². The van der Waals surface area contributed by atoms with Gasteiger partial charge < -0.3 is 10.5 Å². The molecule has 2 N–H and O–H groups in total. The van der Waals surface area contributed by atoms with Gasteiger partial charge in [-0.15, -0.1) is 0 Å². The third-order valence-corrected chi connectivity index (χ3v) is 3.59. The molecule has 0 aliphatic heterocycles. The first-order valence-corrected chi connectivity index (χ1v) is 7.33. The molecule has 2 heteroatoms. The molecule has 20 heavy (non-hydrogen) atoms. The Morgan fingerprint density at radius 3 is 1.80 bits per heavy atom. The second-order valence-corrected chi connectivity index (χ2v) is 4.98. The molecule has 0 radical (unpaired) electrons. The van der Waals surface area contributed by atoms with Crippen LogP contribution in [0.3, 0.4) is 0 Å². The molecule has 2 aromatic rings. The molecule has 0 aromatic heterocycles. The molecule has 0 amide bonds. The highest BCUT2D eigenvalue weighted by Gasteiger charge is 2.05. The van der Waals surface area contributed by atoms with Crippen molar-refractivity contribution in [2.75, 3.05) is 0 Å². The topological polar surface area (TPSA) is 35.2 Å². The van der Waals surface area contributed by atoms with Crippen LogP contribution >= 0.6 is 0 Å². The van der Waals surface area contributed by atoms with E-state index in [-0.39, 0.29) is 0 Å². The maximum Gasteiger partial charge on any atom is 0.119 e. The molecule has 0 aliphatic rings. The predicted molar refractivity (Wildman–Crippen MR) is 84.8 cm³/mol. The molecule has 0 heterocycles. The number of benzene rings is 2. The van der Waals surface area contributed by atoms with E-state index in [1.807, 2.05) is 12.1 Å². The molecule has 0 spiro atoms. The van der Waals surface area contributed by atoms with E-state index in [1.54, 1.807) is 0 Å². The molecule has 0 atom stereocenters. The number of ether oxygens (including phenoxy) is 1. The first-order valence-electron chi connectivity index (χ1n) is 7.33. The summed E-state index contributed by atoms with van der Waals surface area (Å²) in [4.78, 5) is 0. The highest BCUT2D eigenvalue weighted by atomic mass is 16.5. The minimum absolute atomic E-state index is 0.310. The Kier molecular flexibility index (Phi) is 5.19. The van der Waals surface area contributed by atoms with E-state index >= 15 is 0 Å². The van der Waals surface area contributed by atoms with Crippen LogP contribution in [-0.2, 0) is 6.54 Å². The van der Waals surface area contributed by atoms with Gasteiger partial charge in [0.15, 0.2) is 0 Å². The monoisotopic (exact) mass is 269 g/mol. The highest BCUT2D eigenvalue weighted by molar-refractivity contribution is 5.64. The van der Waals surface area contributed by atoms with E-state index in [4.69, 9.17) is 10.5 Å². The number of rotatable bonds is 6. The summed E-state index contributed by atoms with van der Waals surface area (Å²) in [5.41, 5.74) is 9.17. The second kappa shape index (κ2) is 7.11. The SMILES string of the molecule is CCC(CC)Oc1ccc(-c2ccc(CN)cc2)cc1. The van der Waals surface area contributed by atoms with Gasteiger partial charge in [-0.05, 0) is 41.7 Å². The zero-order chi connectivity index (χ0) is 14.4. The summed E-state index contributed by atoms with van der Waals surface area (Å²) >= 11 is 0. The molecule has 0 fully saturated rings. The molecular formula is C18H23NO. The normalized spacial score (nSPS) is 10.8. The number of hydrogen-bond acceptors (Lipinski definition) is 2. The van der Waals surface area contributed by atoms with Gasteiger partial charge in [-0.25, -0.2) is 0 Å². The van der Waals surface area contributed by atoms with Crippen LogP contribution in [0.5, 0.6) is 5.75 Å². The van der Waals surface area contributed by atoms with Crippen molar-refractivity contribution in [3.05, 3.63) is 54.1 Å². The Morgan fingerprint density at radius 1 is 0.850 bits per heavy atom. The molecule has 2 nitrogen and oxygen atoms in total. The fourth-order valence-electron chi connectivity index (χ4n) is 2.21. The van der Waals surface area contributed by atoms with Crippen LogP contribution in [0.2, 0.25) is 0 Å². The lowest BCUT2D eigenvalue weighted by Crippen LogP contribution is -2.13. The lowest BCUT2D eigenvalue weighted by molar-refractivity contribution is 0.193. The number of nitrogens with two attached hydrogens (primary N) is 1. The molecular weight excluding hydrogens is 246 g/mol. The molecule has 2 rings (SSSR count). The summed E-state index contributed by atoms with van der Waals surface area (Å²) in [7, 11) is 0. The second-order valence-electron chi connectivity index (χ2n) is 4.98. The molecule has 0 saturated carbocycles. The van der Waals surface area contributed by atoms with E-state index < -0.39 is 0 Å². The van der Waals surface area contributed by atoms with Gasteiger partial charge in [0, 0.05) is 6.54 Å². The highest BCUT2D eigenvalue weighted by Crippen LogP contribution is 2.24. The van der Waals surface area contributed by atoms with Crippen LogP contribution in [0.25, 0.3) is 11.1 Å². The Balaban J connectivity index is 2.10. The zero-order valence-electron chi connectivity index (χ0n) is 12.3. The summed E-state index contributed by atoms with van der Waals surface area (Å²) in [6.45, 7) is 4.89. The van der Waals surface area contributed by atoms with Gasteiger partial charge in [-0.2, -0.15) is 0 Å². The average molecular weight is 269 g/mol. The predicted octanol–water partition coefficient (Wildman–Crippen LogP) is 4.38.